The summed E-state index contributed by atoms with van der Waals surface area (Å²) in [5.41, 5.74) is -0.545. The van der Waals surface area contributed by atoms with Gasteiger partial charge in [0, 0.05) is 6.61 Å². The van der Waals surface area contributed by atoms with E-state index in [1.165, 1.54) is 6.07 Å². The van der Waals surface area contributed by atoms with E-state index in [1.807, 2.05) is 0 Å². The number of benzene rings is 1. The fraction of sp³-hybridized carbons (Fsp3) is 0.364. The van der Waals surface area contributed by atoms with Gasteiger partial charge in [-0.25, -0.2) is 17.6 Å². The summed E-state index contributed by atoms with van der Waals surface area (Å²) in [4.78, 5) is 10.6. The van der Waals surface area contributed by atoms with E-state index >= 15 is 0 Å². The number of sulfonamides is 1. The number of carbonyl (C=O) groups is 1. The van der Waals surface area contributed by atoms with Gasteiger partial charge in [-0.05, 0) is 25.1 Å². The van der Waals surface area contributed by atoms with Gasteiger partial charge in [-0.1, -0.05) is 0 Å². The molecule has 0 aliphatic heterocycles. The quantitative estimate of drug-likeness (QED) is 0.739. The predicted octanol–water partition coefficient (Wildman–Crippen LogP) is 1.30. The van der Waals surface area contributed by atoms with Crippen LogP contribution in [0.1, 0.15) is 17.3 Å². The van der Waals surface area contributed by atoms with Gasteiger partial charge in [0.25, 0.3) is 0 Å². The van der Waals surface area contributed by atoms with Crippen LogP contribution in [0.15, 0.2) is 18.2 Å². The fourth-order valence-electron chi connectivity index (χ4n) is 1.30. The Balaban J connectivity index is 2.77. The summed E-state index contributed by atoms with van der Waals surface area (Å²) in [6.07, 6.45) is 0. The molecule has 106 valence electrons. The Morgan fingerprint density at radius 3 is 2.68 bits per heavy atom. The summed E-state index contributed by atoms with van der Waals surface area (Å²) in [6.45, 7) is 2.17. The highest BCUT2D eigenvalue weighted by atomic mass is 32.2. The molecular formula is C11H14FNO5S. The molecule has 0 fully saturated rings. The molecule has 0 bridgehead atoms. The molecule has 19 heavy (non-hydrogen) atoms. The third-order valence-electron chi connectivity index (χ3n) is 2.17. The van der Waals surface area contributed by atoms with Crippen LogP contribution in [0.5, 0.6) is 0 Å². The Hall–Kier alpha value is -1.67. The highest BCUT2D eigenvalue weighted by Crippen LogP contribution is 2.15. The van der Waals surface area contributed by atoms with Crippen LogP contribution in [-0.2, 0) is 14.8 Å². The van der Waals surface area contributed by atoms with Crippen molar-refractivity contribution in [2.24, 2.45) is 0 Å². The molecule has 1 aromatic rings. The smallest absolute Gasteiger partial charge is 0.338 e. The van der Waals surface area contributed by atoms with Crippen molar-refractivity contribution in [3.8, 4) is 0 Å². The molecule has 0 unspecified atom stereocenters. The van der Waals surface area contributed by atoms with Crippen molar-refractivity contribution in [3.05, 3.63) is 29.6 Å². The van der Waals surface area contributed by atoms with Gasteiger partial charge in [-0.2, -0.15) is 0 Å². The number of rotatable bonds is 7. The molecule has 1 aromatic carbocycles. The monoisotopic (exact) mass is 291 g/mol. The highest BCUT2D eigenvalue weighted by molar-refractivity contribution is 7.92. The molecule has 0 aliphatic rings. The minimum Gasteiger partial charge on any atom is -0.478 e. The predicted molar refractivity (Wildman–Crippen MR) is 67.3 cm³/mol. The number of carboxylic acids is 1. The van der Waals surface area contributed by atoms with Crippen molar-refractivity contribution in [1.82, 2.24) is 0 Å². The van der Waals surface area contributed by atoms with Crippen molar-refractivity contribution in [1.29, 1.82) is 0 Å². The van der Waals surface area contributed by atoms with Crippen LogP contribution in [-0.4, -0.2) is 38.5 Å². The second kappa shape index (κ2) is 6.48. The molecule has 0 saturated carbocycles. The van der Waals surface area contributed by atoms with E-state index in [0.717, 1.165) is 12.1 Å². The van der Waals surface area contributed by atoms with Crippen LogP contribution in [0, 0.1) is 5.82 Å². The zero-order valence-corrected chi connectivity index (χ0v) is 11.0. The Kier molecular flexibility index (Phi) is 5.25. The van der Waals surface area contributed by atoms with Crippen LogP contribution < -0.4 is 4.72 Å². The van der Waals surface area contributed by atoms with E-state index in [-0.39, 0.29) is 18.0 Å². The first-order valence-electron chi connectivity index (χ1n) is 5.47. The van der Waals surface area contributed by atoms with Crippen LogP contribution in [0.2, 0.25) is 0 Å². The van der Waals surface area contributed by atoms with Gasteiger partial charge in [0.2, 0.25) is 10.0 Å². The average Bonchev–Trinajstić information content (AvgIpc) is 2.28. The van der Waals surface area contributed by atoms with Gasteiger partial charge in [0.1, 0.15) is 5.82 Å². The molecule has 6 nitrogen and oxygen atoms in total. The summed E-state index contributed by atoms with van der Waals surface area (Å²) >= 11 is 0. The van der Waals surface area contributed by atoms with Gasteiger partial charge in [0.05, 0.1) is 23.6 Å². The molecule has 0 amide bonds. The van der Waals surface area contributed by atoms with Crippen molar-refractivity contribution in [2.75, 3.05) is 23.7 Å². The summed E-state index contributed by atoms with van der Waals surface area (Å²) in [5, 5.41) is 8.64. The topological polar surface area (TPSA) is 92.7 Å². The third-order valence-corrected chi connectivity index (χ3v) is 3.42. The lowest BCUT2D eigenvalue weighted by Crippen LogP contribution is -2.20. The second-order valence-corrected chi connectivity index (χ2v) is 5.46. The maximum atomic E-state index is 13.3. The lowest BCUT2D eigenvalue weighted by Gasteiger charge is -2.08. The van der Waals surface area contributed by atoms with Gasteiger partial charge < -0.3 is 9.84 Å². The van der Waals surface area contributed by atoms with E-state index in [4.69, 9.17) is 9.84 Å². The molecule has 1 rings (SSSR count). The summed E-state index contributed by atoms with van der Waals surface area (Å²) < 4.78 is 43.5. The maximum Gasteiger partial charge on any atom is 0.338 e. The normalized spacial score (nSPS) is 11.3. The average molecular weight is 291 g/mol. The first-order valence-corrected chi connectivity index (χ1v) is 7.12. The standard InChI is InChI=1S/C11H14FNO5S/c1-2-18-5-6-19(16,17)13-8-3-4-9(11(14)15)10(12)7-8/h3-4,7,13H,2,5-6H2,1H3,(H,14,15). The molecule has 0 radical (unpaired) electrons. The van der Waals surface area contributed by atoms with Gasteiger partial charge in [0.15, 0.2) is 0 Å². The third kappa shape index (κ3) is 4.84. The lowest BCUT2D eigenvalue weighted by atomic mass is 10.2. The Morgan fingerprint density at radius 2 is 2.16 bits per heavy atom. The van der Waals surface area contributed by atoms with Gasteiger partial charge in [-0.15, -0.1) is 0 Å². The minimum atomic E-state index is -3.65. The van der Waals surface area contributed by atoms with Crippen molar-refractivity contribution in [3.63, 3.8) is 0 Å². The number of ether oxygens (including phenoxy) is 1. The summed E-state index contributed by atoms with van der Waals surface area (Å²) in [5.74, 6) is -2.68. The number of halogens is 1. The van der Waals surface area contributed by atoms with E-state index in [0.29, 0.717) is 6.61 Å². The molecule has 0 aliphatic carbocycles. The molecule has 0 saturated heterocycles. The number of nitrogens with one attached hydrogen (secondary N) is 1. The molecule has 0 spiro atoms. The van der Waals surface area contributed by atoms with E-state index in [1.54, 1.807) is 6.92 Å². The van der Waals surface area contributed by atoms with Gasteiger partial charge >= 0.3 is 5.97 Å². The van der Waals surface area contributed by atoms with E-state index < -0.39 is 27.4 Å². The summed E-state index contributed by atoms with van der Waals surface area (Å²) in [7, 11) is -3.65. The van der Waals surface area contributed by atoms with E-state index in [2.05, 4.69) is 4.72 Å². The van der Waals surface area contributed by atoms with E-state index in [9.17, 15) is 17.6 Å². The van der Waals surface area contributed by atoms with Crippen LogP contribution in [0.3, 0.4) is 0 Å². The SMILES string of the molecule is CCOCCS(=O)(=O)Nc1ccc(C(=O)O)c(F)c1. The van der Waals surface area contributed by atoms with Crippen LogP contribution in [0.25, 0.3) is 0 Å². The van der Waals surface area contributed by atoms with Crippen LogP contribution in [0.4, 0.5) is 10.1 Å². The largest absolute Gasteiger partial charge is 0.478 e. The number of hydrogen-bond donors (Lipinski definition) is 2. The number of hydrogen-bond acceptors (Lipinski definition) is 4. The molecule has 0 atom stereocenters. The molecule has 0 heterocycles. The molecular weight excluding hydrogens is 277 g/mol. The zero-order chi connectivity index (χ0) is 14.5. The maximum absolute atomic E-state index is 13.3. The number of aromatic carboxylic acids is 1. The van der Waals surface area contributed by atoms with Gasteiger partial charge in [-0.3, -0.25) is 4.72 Å². The Labute approximate surface area is 110 Å². The minimum absolute atomic E-state index is 0.0287. The summed E-state index contributed by atoms with van der Waals surface area (Å²) in [6, 6.07) is 3.00. The molecule has 0 aromatic heterocycles. The second-order valence-electron chi connectivity index (χ2n) is 3.62. The molecule has 8 heteroatoms. The van der Waals surface area contributed by atoms with Crippen molar-refractivity contribution in [2.45, 2.75) is 6.92 Å². The molecule has 2 N–H and O–H groups in total. The van der Waals surface area contributed by atoms with Crippen molar-refractivity contribution >= 4 is 21.7 Å². The lowest BCUT2D eigenvalue weighted by molar-refractivity contribution is 0.0692. The van der Waals surface area contributed by atoms with Crippen molar-refractivity contribution < 1.29 is 27.4 Å². The highest BCUT2D eigenvalue weighted by Gasteiger charge is 2.14. The van der Waals surface area contributed by atoms with Crippen LogP contribution >= 0.6 is 0 Å². The Morgan fingerprint density at radius 1 is 1.47 bits per heavy atom. The number of carboxylic acid groups (broad SMARTS) is 1. The first-order chi connectivity index (χ1) is 8.85. The fourth-order valence-corrected chi connectivity index (χ4v) is 2.22. The number of anilines is 1. The first kappa shape index (κ1) is 15.4. The zero-order valence-electron chi connectivity index (χ0n) is 10.2. The Bertz CT molecular complexity index is 558.